The lowest BCUT2D eigenvalue weighted by Gasteiger charge is -2.37. The summed E-state index contributed by atoms with van der Waals surface area (Å²) in [5.41, 5.74) is 2.43. The van der Waals surface area contributed by atoms with Gasteiger partial charge in [0.1, 0.15) is 5.52 Å². The number of imidazole rings is 2. The number of ether oxygens (including phenoxy) is 2. The minimum atomic E-state index is -0.436. The highest BCUT2D eigenvalue weighted by Crippen LogP contribution is 2.25. The van der Waals surface area contributed by atoms with Crippen molar-refractivity contribution in [2.45, 2.75) is 31.9 Å². The number of carbonyl (C=O) groups excluding carboxylic acids is 2. The summed E-state index contributed by atoms with van der Waals surface area (Å²) in [6, 6.07) is 5.12. The highest BCUT2D eigenvalue weighted by atomic mass is 35.5. The van der Waals surface area contributed by atoms with Crippen LogP contribution in [0.25, 0.3) is 11.0 Å². The second-order valence-corrected chi connectivity index (χ2v) is 7.91. The number of fused-ring (bicyclic) bond motifs is 1. The molecule has 4 rings (SSSR count). The van der Waals surface area contributed by atoms with Crippen LogP contribution in [-0.4, -0.2) is 71.3 Å². The van der Waals surface area contributed by atoms with E-state index in [0.29, 0.717) is 48.1 Å². The third-order valence-corrected chi connectivity index (χ3v) is 5.99. The Morgan fingerprint density at radius 3 is 2.78 bits per heavy atom. The second-order valence-electron chi connectivity index (χ2n) is 7.55. The summed E-state index contributed by atoms with van der Waals surface area (Å²) in [5.74, 6) is 0.0676. The van der Waals surface area contributed by atoms with E-state index in [1.54, 1.807) is 19.2 Å². The normalized spacial score (nSPS) is 18.7. The number of hydrogen-bond donors (Lipinski definition) is 3. The number of nitrogens with zero attached hydrogens (tertiary/aromatic N) is 3. The number of aromatic nitrogens is 4. The molecule has 0 bridgehead atoms. The smallest absolute Gasteiger partial charge is 0.340 e. The SMILES string of the molecule is CCc1[nH]c(C(=O)N[C@@H]2CCN(c3nc4c(C(=O)OC)cccc4[nH]3)C[C@@H]2OC)nc1Cl. The quantitative estimate of drug-likeness (QED) is 0.482. The number of H-pyrrole nitrogens is 2. The Morgan fingerprint density at radius 1 is 1.28 bits per heavy atom. The van der Waals surface area contributed by atoms with E-state index in [2.05, 4.69) is 25.3 Å². The van der Waals surface area contributed by atoms with Crippen molar-refractivity contribution >= 4 is 40.5 Å². The Bertz CT molecular complexity index is 1140. The number of hydrogen-bond acceptors (Lipinski definition) is 7. The lowest BCUT2D eigenvalue weighted by atomic mass is 10.0. The Labute approximate surface area is 189 Å². The summed E-state index contributed by atoms with van der Waals surface area (Å²) in [7, 11) is 2.96. The molecule has 2 aromatic heterocycles. The predicted octanol–water partition coefficient (Wildman–Crippen LogP) is 2.31. The van der Waals surface area contributed by atoms with E-state index < -0.39 is 5.97 Å². The largest absolute Gasteiger partial charge is 0.465 e. The van der Waals surface area contributed by atoms with Crippen molar-refractivity contribution in [3.63, 3.8) is 0 Å². The van der Waals surface area contributed by atoms with Crippen LogP contribution >= 0.6 is 11.6 Å². The van der Waals surface area contributed by atoms with Gasteiger partial charge < -0.3 is 29.7 Å². The summed E-state index contributed by atoms with van der Waals surface area (Å²) in [6.07, 6.45) is 1.03. The lowest BCUT2D eigenvalue weighted by molar-refractivity contribution is 0.0536. The van der Waals surface area contributed by atoms with Gasteiger partial charge in [-0.15, -0.1) is 0 Å². The van der Waals surface area contributed by atoms with Crippen LogP contribution < -0.4 is 10.2 Å². The maximum absolute atomic E-state index is 12.7. The zero-order valence-corrected chi connectivity index (χ0v) is 18.8. The molecule has 32 heavy (non-hydrogen) atoms. The molecule has 0 spiro atoms. The monoisotopic (exact) mass is 460 g/mol. The molecule has 1 aromatic carbocycles. The van der Waals surface area contributed by atoms with Crippen molar-refractivity contribution in [2.24, 2.45) is 0 Å². The second kappa shape index (κ2) is 9.17. The number of piperidine rings is 1. The fourth-order valence-electron chi connectivity index (χ4n) is 3.92. The van der Waals surface area contributed by atoms with Crippen molar-refractivity contribution < 1.29 is 19.1 Å². The standard InChI is InChI=1S/C21H25ClN6O4/c1-4-12-17(22)27-18(23-12)19(29)24-13-8-9-28(10-15(13)31-2)21-25-14-7-5-6-11(16(14)26-21)20(30)32-3/h5-7,13,15H,4,8-10H2,1-3H3,(H,23,27)(H,24,29)(H,25,26)/t13-,15+/m1/s1. The Balaban J connectivity index is 1.48. The van der Waals surface area contributed by atoms with Gasteiger partial charge in [0.05, 0.1) is 36.0 Å². The van der Waals surface area contributed by atoms with Gasteiger partial charge in [0.25, 0.3) is 5.91 Å². The summed E-state index contributed by atoms with van der Waals surface area (Å²) in [6.45, 7) is 3.08. The minimum absolute atomic E-state index is 0.191. The van der Waals surface area contributed by atoms with E-state index in [0.717, 1.165) is 11.2 Å². The molecule has 1 aliphatic heterocycles. The van der Waals surface area contributed by atoms with Gasteiger partial charge in [-0.3, -0.25) is 4.79 Å². The minimum Gasteiger partial charge on any atom is -0.465 e. The molecule has 3 N–H and O–H groups in total. The molecule has 1 fully saturated rings. The highest BCUT2D eigenvalue weighted by Gasteiger charge is 2.33. The molecule has 1 aliphatic rings. The summed E-state index contributed by atoms with van der Waals surface area (Å²) in [4.78, 5) is 41.7. The van der Waals surface area contributed by atoms with Crippen molar-refractivity contribution in [2.75, 3.05) is 32.2 Å². The zero-order chi connectivity index (χ0) is 22.8. The Kier molecular flexibility index (Phi) is 6.33. The maximum atomic E-state index is 12.7. The summed E-state index contributed by atoms with van der Waals surface area (Å²) < 4.78 is 10.5. The van der Waals surface area contributed by atoms with Crippen molar-refractivity contribution in [1.82, 2.24) is 25.3 Å². The van der Waals surface area contributed by atoms with Crippen molar-refractivity contribution in [3.05, 3.63) is 40.4 Å². The molecule has 0 saturated carbocycles. The van der Waals surface area contributed by atoms with E-state index in [4.69, 9.17) is 21.1 Å². The maximum Gasteiger partial charge on any atom is 0.340 e. The van der Waals surface area contributed by atoms with Gasteiger partial charge in [0, 0.05) is 20.2 Å². The zero-order valence-electron chi connectivity index (χ0n) is 18.1. The average Bonchev–Trinajstić information content (AvgIpc) is 3.41. The first-order valence-electron chi connectivity index (χ1n) is 10.3. The van der Waals surface area contributed by atoms with E-state index in [-0.39, 0.29) is 23.9 Å². The number of carbonyl (C=O) groups is 2. The van der Waals surface area contributed by atoms with E-state index in [1.807, 2.05) is 17.9 Å². The average molecular weight is 461 g/mol. The molecule has 1 amide bonds. The number of methoxy groups -OCH3 is 2. The Morgan fingerprint density at radius 2 is 2.09 bits per heavy atom. The molecule has 10 nitrogen and oxygen atoms in total. The lowest BCUT2D eigenvalue weighted by Crippen LogP contribution is -2.55. The van der Waals surface area contributed by atoms with Crippen LogP contribution in [0, 0.1) is 0 Å². The highest BCUT2D eigenvalue weighted by molar-refractivity contribution is 6.30. The number of nitrogens with one attached hydrogen (secondary N) is 3. The predicted molar refractivity (Wildman–Crippen MR) is 119 cm³/mol. The first kappa shape index (κ1) is 22.1. The molecule has 0 aliphatic carbocycles. The molecular weight excluding hydrogens is 436 g/mol. The molecule has 3 heterocycles. The fraction of sp³-hybridized carbons (Fsp3) is 0.429. The molecule has 1 saturated heterocycles. The van der Waals surface area contributed by atoms with Crippen molar-refractivity contribution in [3.8, 4) is 0 Å². The third kappa shape index (κ3) is 4.15. The molecule has 2 atom stereocenters. The van der Waals surface area contributed by atoms with Gasteiger partial charge in [-0.05, 0) is 25.0 Å². The number of esters is 1. The molecule has 11 heteroatoms. The van der Waals surface area contributed by atoms with Crippen LogP contribution in [0.5, 0.6) is 0 Å². The number of para-hydroxylation sites is 1. The molecule has 0 unspecified atom stereocenters. The number of aryl methyl sites for hydroxylation is 1. The van der Waals surface area contributed by atoms with Crippen LogP contribution in [0.3, 0.4) is 0 Å². The van der Waals surface area contributed by atoms with Crippen LogP contribution in [-0.2, 0) is 15.9 Å². The van der Waals surface area contributed by atoms with E-state index >= 15 is 0 Å². The van der Waals surface area contributed by atoms with Gasteiger partial charge in [-0.1, -0.05) is 24.6 Å². The number of rotatable bonds is 6. The first-order chi connectivity index (χ1) is 15.4. The van der Waals surface area contributed by atoms with Gasteiger partial charge in [-0.2, -0.15) is 0 Å². The molecule has 170 valence electrons. The first-order valence-corrected chi connectivity index (χ1v) is 10.7. The fourth-order valence-corrected chi connectivity index (χ4v) is 4.19. The molecule has 3 aromatic rings. The number of amides is 1. The van der Waals surface area contributed by atoms with Gasteiger partial charge >= 0.3 is 5.97 Å². The van der Waals surface area contributed by atoms with E-state index in [1.165, 1.54) is 7.11 Å². The van der Waals surface area contributed by atoms with Crippen LogP contribution in [0.15, 0.2) is 18.2 Å². The van der Waals surface area contributed by atoms with Gasteiger partial charge in [0.15, 0.2) is 11.0 Å². The number of anilines is 1. The van der Waals surface area contributed by atoms with Crippen LogP contribution in [0.4, 0.5) is 5.95 Å². The molecule has 0 radical (unpaired) electrons. The number of aromatic amines is 2. The summed E-state index contributed by atoms with van der Waals surface area (Å²) >= 11 is 6.06. The topological polar surface area (TPSA) is 125 Å². The number of benzene rings is 1. The van der Waals surface area contributed by atoms with Gasteiger partial charge in [0.2, 0.25) is 5.95 Å². The van der Waals surface area contributed by atoms with Crippen molar-refractivity contribution in [1.29, 1.82) is 0 Å². The molecular formula is C21H25ClN6O4. The van der Waals surface area contributed by atoms with Crippen LogP contribution in [0.2, 0.25) is 5.15 Å². The third-order valence-electron chi connectivity index (χ3n) is 5.68. The van der Waals surface area contributed by atoms with E-state index in [9.17, 15) is 9.59 Å². The van der Waals surface area contributed by atoms with Crippen LogP contribution in [0.1, 0.15) is 40.0 Å². The Hall–Kier alpha value is -3.11. The summed E-state index contributed by atoms with van der Waals surface area (Å²) in [5, 5.41) is 3.31. The van der Waals surface area contributed by atoms with Gasteiger partial charge in [-0.25, -0.2) is 14.8 Å². The number of halogens is 1.